The van der Waals surface area contributed by atoms with Crippen molar-refractivity contribution in [1.82, 2.24) is 30.2 Å². The van der Waals surface area contributed by atoms with Crippen LogP contribution in [0.4, 0.5) is 10.5 Å². The zero-order valence-electron chi connectivity index (χ0n) is 50.0. The minimum Gasteiger partial charge on any atom is -0.507 e. The van der Waals surface area contributed by atoms with Gasteiger partial charge in [0, 0.05) is 113 Å². The van der Waals surface area contributed by atoms with E-state index in [1.807, 2.05) is 6.92 Å². The molecule has 5 heterocycles. The van der Waals surface area contributed by atoms with Gasteiger partial charge in [0.15, 0.2) is 30.4 Å². The molecule has 10 rings (SSSR count). The van der Waals surface area contributed by atoms with E-state index in [9.17, 15) is 59.1 Å². The second-order valence-corrected chi connectivity index (χ2v) is 23.7. The van der Waals surface area contributed by atoms with Crippen molar-refractivity contribution in [2.45, 2.75) is 140 Å². The molecule has 2 aliphatic carbocycles. The van der Waals surface area contributed by atoms with Crippen LogP contribution in [-0.4, -0.2) is 209 Å². The number of rotatable bonds is 21. The number of phenolic OH excluding ortho intramolecular Hbond substituents is 2. The number of hydrogen-bond acceptors (Lipinski definition) is 21. The minimum atomic E-state index is -2.21. The molecule has 472 valence electrons. The first-order valence-corrected chi connectivity index (χ1v) is 29.8. The SMILES string of the molecule is COc1cccc2c1C(=N)c1c(O)c3c(c(O)c1C2=O)C[C@@](O)(C(=O)CN1CCN(C(=O)OCc2ccc(NC(=O)C(C)NC(=O)C(NC(=O)CCCCCN4C(=O)C=CC4=O)C(C)C)cc2)CC1)C[C@@H]3O[C@H]1C[C@H]2[C@H](O[C@@H]3[C@@H](OC)OCCN32)[C@H](C)O1. The number of aromatic hydroxyl groups is 2. The molecular formula is C62H76N8O18. The molecular weight excluding hydrogens is 1140 g/mol. The van der Waals surface area contributed by atoms with Crippen molar-refractivity contribution in [2.24, 2.45) is 5.92 Å². The zero-order valence-corrected chi connectivity index (χ0v) is 50.0. The van der Waals surface area contributed by atoms with Gasteiger partial charge < -0.3 is 69.3 Å². The topological polar surface area (TPSA) is 335 Å². The zero-order chi connectivity index (χ0) is 62.9. The highest BCUT2D eigenvalue weighted by Gasteiger charge is 2.55. The molecule has 3 aromatic rings. The average molecular weight is 1220 g/mol. The number of amides is 6. The number of aliphatic hydroxyl groups is 1. The summed E-state index contributed by atoms with van der Waals surface area (Å²) < 4.78 is 42.1. The highest BCUT2D eigenvalue weighted by atomic mass is 16.7. The molecule has 88 heavy (non-hydrogen) atoms. The predicted molar refractivity (Wildman–Crippen MR) is 311 cm³/mol. The molecule has 0 bridgehead atoms. The fraction of sp³-hybridized carbons (Fsp3) is 0.532. The van der Waals surface area contributed by atoms with Gasteiger partial charge in [-0.1, -0.05) is 44.5 Å². The number of Topliss-reactive ketones (excluding diaryl/α,β-unsaturated/α-hetero) is 1. The molecule has 5 aliphatic heterocycles. The second-order valence-electron chi connectivity index (χ2n) is 23.7. The molecule has 6 amide bonds. The number of phenols is 2. The van der Waals surface area contributed by atoms with Crippen LogP contribution >= 0.6 is 0 Å². The fourth-order valence-corrected chi connectivity index (χ4v) is 12.7. The number of hydrogen-bond donors (Lipinski definition) is 7. The summed E-state index contributed by atoms with van der Waals surface area (Å²) >= 11 is 0. The summed E-state index contributed by atoms with van der Waals surface area (Å²) in [5.74, 6) is -4.63. The summed E-state index contributed by atoms with van der Waals surface area (Å²) in [6.45, 7) is 8.54. The Morgan fingerprint density at radius 1 is 0.852 bits per heavy atom. The Balaban J connectivity index is 0.724. The average Bonchev–Trinajstić information content (AvgIpc) is 1.07. The summed E-state index contributed by atoms with van der Waals surface area (Å²) in [6.07, 6.45) is -1.35. The van der Waals surface area contributed by atoms with Crippen molar-refractivity contribution in [3.63, 3.8) is 0 Å². The molecule has 3 aromatic carbocycles. The lowest BCUT2D eigenvalue weighted by molar-refractivity contribution is -0.256. The lowest BCUT2D eigenvalue weighted by atomic mass is 9.71. The van der Waals surface area contributed by atoms with E-state index in [4.69, 9.17) is 33.2 Å². The van der Waals surface area contributed by atoms with Crippen LogP contribution in [0.2, 0.25) is 0 Å². The third kappa shape index (κ3) is 12.9. The first-order chi connectivity index (χ1) is 42.1. The largest absolute Gasteiger partial charge is 0.507 e. The van der Waals surface area contributed by atoms with Crippen LogP contribution in [0.1, 0.15) is 116 Å². The third-order valence-electron chi connectivity index (χ3n) is 17.5. The number of ether oxygens (including phenoxy) is 7. The van der Waals surface area contributed by atoms with Gasteiger partial charge in [-0.25, -0.2) is 4.79 Å². The van der Waals surface area contributed by atoms with Crippen LogP contribution in [0, 0.1) is 11.3 Å². The first-order valence-electron chi connectivity index (χ1n) is 29.8. The second kappa shape index (κ2) is 26.6. The first kappa shape index (κ1) is 63.3. The fourth-order valence-electron chi connectivity index (χ4n) is 12.7. The molecule has 0 saturated carbocycles. The number of unbranched alkanes of at least 4 members (excludes halogenated alkanes) is 2. The normalized spacial score (nSPS) is 25.7. The quantitative estimate of drug-likeness (QED) is 0.0358. The molecule has 26 nitrogen and oxygen atoms in total. The highest BCUT2D eigenvalue weighted by molar-refractivity contribution is 6.32. The Morgan fingerprint density at radius 2 is 1.58 bits per heavy atom. The Kier molecular flexibility index (Phi) is 19.1. The number of morpholine rings is 1. The number of carbonyl (C=O) groups is 8. The van der Waals surface area contributed by atoms with Crippen LogP contribution in [-0.2, 0) is 70.2 Å². The minimum absolute atomic E-state index is 0.00725. The molecule has 4 saturated heterocycles. The van der Waals surface area contributed by atoms with Crippen molar-refractivity contribution >= 4 is 58.6 Å². The van der Waals surface area contributed by atoms with Crippen molar-refractivity contribution < 1.29 is 86.8 Å². The number of ketones is 2. The number of nitrogens with zero attached hydrogens (tertiary/aromatic N) is 4. The van der Waals surface area contributed by atoms with E-state index in [-0.39, 0.29) is 139 Å². The van der Waals surface area contributed by atoms with Gasteiger partial charge in [-0.3, -0.25) is 53.7 Å². The standard InChI is InChI=1S/C62H76N8O18/c1-32(2)52(66-43(72)13-8-7-9-20-70-44(73)18-19-45(70)74)58(79)64-33(3)57(78)65-36-16-14-35(15-17-36)31-85-61(80)68-23-21-67(22-24-68)30-42(71)62(81)28-38-48(55(77)49-50(54(38)76)53(75)37-11-10-12-40(82-5)47(37)51(49)63)41(29-62)87-46-27-39-56(34(4)86-46)88-59-60(83-6)84-26-25-69(39)59/h10-12,14-19,32-34,39,41,46,52,56,59-60,63,76-77,81H,7-9,13,20-31H2,1-6H3,(H,64,79)(H,65,78)(H,66,72)/t33?,34-,39-,41-,46-,52?,56+,59+,60-,62-/m0/s1. The number of carbonyl (C=O) groups excluding carboxylic acids is 8. The maximum absolute atomic E-state index is 14.6. The smallest absolute Gasteiger partial charge is 0.410 e. The maximum atomic E-state index is 14.6. The number of imide groups is 1. The van der Waals surface area contributed by atoms with E-state index in [1.165, 1.54) is 44.3 Å². The van der Waals surface area contributed by atoms with Crippen LogP contribution in [0.15, 0.2) is 54.6 Å². The monoisotopic (exact) mass is 1220 g/mol. The van der Waals surface area contributed by atoms with Crippen LogP contribution in [0.25, 0.3) is 0 Å². The molecule has 0 aromatic heterocycles. The summed E-state index contributed by atoms with van der Waals surface area (Å²) in [7, 11) is 2.93. The number of nitrogens with one attached hydrogen (secondary N) is 4. The van der Waals surface area contributed by atoms with E-state index in [2.05, 4.69) is 20.9 Å². The van der Waals surface area contributed by atoms with Gasteiger partial charge >= 0.3 is 6.09 Å². The van der Waals surface area contributed by atoms with Crippen LogP contribution < -0.4 is 20.7 Å². The van der Waals surface area contributed by atoms with E-state index in [0.29, 0.717) is 43.7 Å². The Morgan fingerprint density at radius 3 is 2.27 bits per heavy atom. The maximum Gasteiger partial charge on any atom is 0.410 e. The third-order valence-corrected chi connectivity index (χ3v) is 17.5. The summed E-state index contributed by atoms with van der Waals surface area (Å²) in [5, 5.41) is 54.6. The molecule has 0 radical (unpaired) electrons. The summed E-state index contributed by atoms with van der Waals surface area (Å²) in [6, 6.07) is 9.12. The van der Waals surface area contributed by atoms with E-state index in [1.54, 1.807) is 55.1 Å². The number of methoxy groups -OCH3 is 2. The summed E-state index contributed by atoms with van der Waals surface area (Å²) in [5.41, 5.74) is -1.95. The summed E-state index contributed by atoms with van der Waals surface area (Å²) in [4.78, 5) is 112. The van der Waals surface area contributed by atoms with Crippen molar-refractivity contribution in [1.29, 1.82) is 5.41 Å². The Labute approximate surface area is 508 Å². The molecule has 10 atom stereocenters. The van der Waals surface area contributed by atoms with E-state index < -0.39 is 103 Å². The van der Waals surface area contributed by atoms with Gasteiger partial charge in [-0.15, -0.1) is 0 Å². The lowest BCUT2D eigenvalue weighted by Gasteiger charge is -2.44. The molecule has 0 spiro atoms. The number of piperazine rings is 1. The Bertz CT molecular complexity index is 3260. The van der Waals surface area contributed by atoms with Gasteiger partial charge in [0.2, 0.25) is 17.7 Å². The van der Waals surface area contributed by atoms with Crippen LogP contribution in [0.3, 0.4) is 0 Å². The van der Waals surface area contributed by atoms with E-state index in [0.717, 1.165) is 4.90 Å². The van der Waals surface area contributed by atoms with Crippen molar-refractivity contribution in [3.05, 3.63) is 93.6 Å². The molecule has 26 heteroatoms. The Hall–Kier alpha value is -7.69. The van der Waals surface area contributed by atoms with Gasteiger partial charge in [0.1, 0.15) is 47.6 Å². The van der Waals surface area contributed by atoms with Gasteiger partial charge in [0.05, 0.1) is 54.9 Å². The highest BCUT2D eigenvalue weighted by Crippen LogP contribution is 2.53. The number of benzene rings is 3. The predicted octanol–water partition coefficient (Wildman–Crippen LogP) is 2.93. The molecule has 7 aliphatic rings. The van der Waals surface area contributed by atoms with Gasteiger partial charge in [0.25, 0.3) is 11.8 Å². The van der Waals surface area contributed by atoms with Gasteiger partial charge in [-0.2, -0.15) is 0 Å². The molecule has 2 unspecified atom stereocenters. The van der Waals surface area contributed by atoms with Gasteiger partial charge in [-0.05, 0) is 56.4 Å². The van der Waals surface area contributed by atoms with Crippen molar-refractivity contribution in [3.8, 4) is 17.2 Å². The van der Waals surface area contributed by atoms with Crippen molar-refractivity contribution in [2.75, 3.05) is 72.0 Å². The molecule has 7 N–H and O–H groups in total. The number of anilines is 1. The molecule has 4 fully saturated rings. The van der Waals surface area contributed by atoms with E-state index >= 15 is 0 Å². The lowest BCUT2D eigenvalue weighted by Crippen LogP contribution is -2.56. The number of fused-ring (bicyclic) bond motifs is 6. The van der Waals surface area contributed by atoms with Crippen LogP contribution in [0.5, 0.6) is 17.2 Å².